The minimum absolute atomic E-state index is 0.613. The highest BCUT2D eigenvalue weighted by atomic mass is 35.5. The molecule has 94 valence electrons. The number of nitrogens with zero attached hydrogens (tertiary/aromatic N) is 1. The Bertz CT molecular complexity index is 505. The van der Waals surface area contributed by atoms with Crippen LogP contribution in [0, 0.1) is 0 Å². The van der Waals surface area contributed by atoms with Crippen molar-refractivity contribution in [3.05, 3.63) is 64.7 Å². The van der Waals surface area contributed by atoms with Gasteiger partial charge in [0.15, 0.2) is 0 Å². The summed E-state index contributed by atoms with van der Waals surface area (Å²) in [6.07, 6.45) is -0.613. The second kappa shape index (κ2) is 5.42. The fourth-order valence-electron chi connectivity index (χ4n) is 1.79. The van der Waals surface area contributed by atoms with Crippen molar-refractivity contribution in [2.24, 2.45) is 0 Å². The van der Waals surface area contributed by atoms with Gasteiger partial charge in [-0.25, -0.2) is 0 Å². The van der Waals surface area contributed by atoms with Gasteiger partial charge in [0, 0.05) is 24.8 Å². The number of hydrogen-bond donors (Lipinski definition) is 1. The highest BCUT2D eigenvalue weighted by Gasteiger charge is 2.10. The minimum Gasteiger partial charge on any atom is -0.384 e. The van der Waals surface area contributed by atoms with Crippen LogP contribution in [0.4, 0.5) is 5.69 Å². The first kappa shape index (κ1) is 12.9. The number of rotatable bonds is 3. The van der Waals surface area contributed by atoms with Gasteiger partial charge in [-0.2, -0.15) is 0 Å². The maximum Gasteiger partial charge on any atom is 0.104 e. The predicted octanol–water partition coefficient (Wildman–Crippen LogP) is 3.49. The van der Waals surface area contributed by atoms with Gasteiger partial charge in [-0.1, -0.05) is 35.9 Å². The zero-order valence-corrected chi connectivity index (χ0v) is 11.2. The second-order valence-corrected chi connectivity index (χ2v) is 4.88. The Hall–Kier alpha value is -1.51. The fraction of sp³-hybridized carbons (Fsp3) is 0.200. The third-order valence-corrected chi connectivity index (χ3v) is 3.16. The SMILES string of the molecule is CN(C)c1ccc([C@@H](O)c2ccc(Cl)cc2)cc1. The molecule has 0 fully saturated rings. The highest BCUT2D eigenvalue weighted by Crippen LogP contribution is 2.24. The Morgan fingerprint density at radius 3 is 1.78 bits per heavy atom. The third-order valence-electron chi connectivity index (χ3n) is 2.91. The van der Waals surface area contributed by atoms with Crippen LogP contribution in [0.1, 0.15) is 17.2 Å². The summed E-state index contributed by atoms with van der Waals surface area (Å²) in [5, 5.41) is 10.9. The van der Waals surface area contributed by atoms with E-state index in [0.717, 1.165) is 16.8 Å². The molecule has 0 aromatic heterocycles. The number of anilines is 1. The van der Waals surface area contributed by atoms with Crippen molar-refractivity contribution in [3.63, 3.8) is 0 Å². The Morgan fingerprint density at radius 1 is 0.889 bits per heavy atom. The lowest BCUT2D eigenvalue weighted by molar-refractivity contribution is 0.220. The van der Waals surface area contributed by atoms with Crippen LogP contribution in [-0.4, -0.2) is 19.2 Å². The molecule has 0 spiro atoms. The monoisotopic (exact) mass is 261 g/mol. The molecule has 0 amide bonds. The molecule has 2 aromatic carbocycles. The number of aliphatic hydroxyl groups excluding tert-OH is 1. The first-order chi connectivity index (χ1) is 8.58. The van der Waals surface area contributed by atoms with E-state index in [0.29, 0.717) is 5.02 Å². The van der Waals surface area contributed by atoms with Crippen LogP contribution in [0.5, 0.6) is 0 Å². The predicted molar refractivity (Wildman–Crippen MR) is 76.3 cm³/mol. The lowest BCUT2D eigenvalue weighted by atomic mass is 10.0. The largest absolute Gasteiger partial charge is 0.384 e. The molecule has 0 aliphatic carbocycles. The number of benzene rings is 2. The van der Waals surface area contributed by atoms with Crippen LogP contribution >= 0.6 is 11.6 Å². The van der Waals surface area contributed by atoms with Gasteiger partial charge < -0.3 is 10.0 Å². The van der Waals surface area contributed by atoms with Crippen LogP contribution in [0.2, 0.25) is 5.02 Å². The summed E-state index contributed by atoms with van der Waals surface area (Å²) in [6.45, 7) is 0. The third kappa shape index (κ3) is 2.84. The van der Waals surface area contributed by atoms with Crippen LogP contribution in [0.25, 0.3) is 0 Å². The van der Waals surface area contributed by atoms with E-state index in [9.17, 15) is 5.11 Å². The highest BCUT2D eigenvalue weighted by molar-refractivity contribution is 6.30. The molecule has 2 rings (SSSR count). The molecule has 0 aliphatic heterocycles. The first-order valence-electron chi connectivity index (χ1n) is 5.79. The summed E-state index contributed by atoms with van der Waals surface area (Å²) in [5.41, 5.74) is 2.84. The number of hydrogen-bond acceptors (Lipinski definition) is 2. The fourth-order valence-corrected chi connectivity index (χ4v) is 1.92. The lowest BCUT2D eigenvalue weighted by Crippen LogP contribution is -2.08. The van der Waals surface area contributed by atoms with E-state index in [1.54, 1.807) is 12.1 Å². The summed E-state index contributed by atoms with van der Waals surface area (Å²) >= 11 is 5.83. The topological polar surface area (TPSA) is 23.5 Å². The van der Waals surface area contributed by atoms with Crippen molar-refractivity contribution in [1.82, 2.24) is 0 Å². The van der Waals surface area contributed by atoms with Gasteiger partial charge in [-0.3, -0.25) is 0 Å². The van der Waals surface area contributed by atoms with Gasteiger partial charge in [0.1, 0.15) is 6.10 Å². The van der Waals surface area contributed by atoms with E-state index in [-0.39, 0.29) is 0 Å². The average Bonchev–Trinajstić information content (AvgIpc) is 2.39. The summed E-state index contributed by atoms with van der Waals surface area (Å²) in [5.74, 6) is 0. The van der Waals surface area contributed by atoms with E-state index in [2.05, 4.69) is 0 Å². The van der Waals surface area contributed by atoms with Gasteiger partial charge in [-0.05, 0) is 35.4 Å². The van der Waals surface area contributed by atoms with Gasteiger partial charge in [0.05, 0.1) is 0 Å². The van der Waals surface area contributed by atoms with Crippen LogP contribution < -0.4 is 4.90 Å². The summed E-state index contributed by atoms with van der Waals surface area (Å²) in [6, 6.07) is 15.1. The van der Waals surface area contributed by atoms with E-state index in [1.807, 2.05) is 55.4 Å². The molecule has 2 nitrogen and oxygen atoms in total. The van der Waals surface area contributed by atoms with E-state index >= 15 is 0 Å². The summed E-state index contributed by atoms with van der Waals surface area (Å²) < 4.78 is 0. The van der Waals surface area contributed by atoms with Crippen molar-refractivity contribution in [2.45, 2.75) is 6.10 Å². The van der Waals surface area contributed by atoms with E-state index in [1.165, 1.54) is 0 Å². The van der Waals surface area contributed by atoms with Crippen LogP contribution in [-0.2, 0) is 0 Å². The molecule has 1 atom stereocenters. The first-order valence-corrected chi connectivity index (χ1v) is 6.16. The van der Waals surface area contributed by atoms with Crippen molar-refractivity contribution >= 4 is 17.3 Å². The van der Waals surface area contributed by atoms with Crippen molar-refractivity contribution in [1.29, 1.82) is 0 Å². The maximum atomic E-state index is 10.3. The average molecular weight is 262 g/mol. The Labute approximate surface area is 112 Å². The zero-order chi connectivity index (χ0) is 13.1. The minimum atomic E-state index is -0.613. The molecule has 18 heavy (non-hydrogen) atoms. The van der Waals surface area contributed by atoms with Gasteiger partial charge in [0.2, 0.25) is 0 Å². The Kier molecular flexibility index (Phi) is 3.90. The maximum absolute atomic E-state index is 10.3. The van der Waals surface area contributed by atoms with Crippen LogP contribution in [0.15, 0.2) is 48.5 Å². The molecular formula is C15H16ClNO. The summed E-state index contributed by atoms with van der Waals surface area (Å²) in [7, 11) is 3.98. The molecule has 0 unspecified atom stereocenters. The molecule has 2 aromatic rings. The van der Waals surface area contributed by atoms with Crippen molar-refractivity contribution in [2.75, 3.05) is 19.0 Å². The molecular weight excluding hydrogens is 246 g/mol. The van der Waals surface area contributed by atoms with Gasteiger partial charge in [0.25, 0.3) is 0 Å². The van der Waals surface area contributed by atoms with Gasteiger partial charge >= 0.3 is 0 Å². The molecule has 0 radical (unpaired) electrons. The zero-order valence-electron chi connectivity index (χ0n) is 10.5. The van der Waals surface area contributed by atoms with E-state index in [4.69, 9.17) is 11.6 Å². The molecule has 0 bridgehead atoms. The number of halogens is 1. The smallest absolute Gasteiger partial charge is 0.104 e. The Balaban J connectivity index is 2.23. The van der Waals surface area contributed by atoms with E-state index < -0.39 is 6.10 Å². The molecule has 1 N–H and O–H groups in total. The normalized spacial score (nSPS) is 12.2. The molecule has 0 saturated carbocycles. The lowest BCUT2D eigenvalue weighted by Gasteiger charge is -2.15. The van der Waals surface area contributed by atoms with Gasteiger partial charge in [-0.15, -0.1) is 0 Å². The number of aliphatic hydroxyl groups is 1. The van der Waals surface area contributed by atoms with Crippen LogP contribution in [0.3, 0.4) is 0 Å². The standard InChI is InChI=1S/C15H16ClNO/c1-17(2)14-9-5-12(6-10-14)15(18)11-3-7-13(16)8-4-11/h3-10,15,18H,1-2H3/t15-/m0/s1. The Morgan fingerprint density at radius 2 is 1.33 bits per heavy atom. The summed E-state index contributed by atoms with van der Waals surface area (Å²) in [4.78, 5) is 2.03. The molecule has 3 heteroatoms. The second-order valence-electron chi connectivity index (χ2n) is 4.44. The van der Waals surface area contributed by atoms with Crippen molar-refractivity contribution < 1.29 is 5.11 Å². The quantitative estimate of drug-likeness (QED) is 0.914. The molecule has 0 heterocycles. The van der Waals surface area contributed by atoms with Crippen molar-refractivity contribution in [3.8, 4) is 0 Å². The molecule has 0 saturated heterocycles. The molecule has 0 aliphatic rings.